The van der Waals surface area contributed by atoms with Gasteiger partial charge in [-0.3, -0.25) is 9.59 Å². The summed E-state index contributed by atoms with van der Waals surface area (Å²) in [6.45, 7) is 10.5. The van der Waals surface area contributed by atoms with Crippen LogP contribution in [0.2, 0.25) is 0 Å². The van der Waals surface area contributed by atoms with Gasteiger partial charge in [-0.1, -0.05) is 45.4 Å². The van der Waals surface area contributed by atoms with Crippen molar-refractivity contribution >= 4 is 11.8 Å². The summed E-state index contributed by atoms with van der Waals surface area (Å²) in [5.74, 6) is 0.0860. The number of nitrogens with one attached hydrogen (secondary N) is 1. The average molecular weight is 348 g/mol. The van der Waals surface area contributed by atoms with Crippen molar-refractivity contribution in [3.63, 3.8) is 0 Å². The molecule has 0 aliphatic heterocycles. The first-order valence-corrected chi connectivity index (χ1v) is 9.01. The van der Waals surface area contributed by atoms with Gasteiger partial charge in [0.05, 0.1) is 0 Å². The largest absolute Gasteiger partial charge is 0.344 e. The Balaban J connectivity index is 2.75. The second-order valence-electron chi connectivity index (χ2n) is 7.52. The molecule has 0 radical (unpaired) electrons. The van der Waals surface area contributed by atoms with Crippen LogP contribution in [0.4, 0.5) is 0 Å². The summed E-state index contributed by atoms with van der Waals surface area (Å²) in [5, 5.41) is 2.89. The Bertz CT molecular complexity index is 584. The molecule has 2 amide bonds. The predicted molar refractivity (Wildman–Crippen MR) is 102 cm³/mol. The summed E-state index contributed by atoms with van der Waals surface area (Å²) >= 11 is 0. The molecule has 2 unspecified atom stereocenters. The van der Waals surface area contributed by atoms with Crippen LogP contribution < -0.4 is 11.1 Å². The lowest BCUT2D eigenvalue weighted by atomic mass is 10.00. The van der Waals surface area contributed by atoms with E-state index in [4.69, 9.17) is 5.73 Å². The van der Waals surface area contributed by atoms with E-state index in [2.05, 4.69) is 19.2 Å². The fourth-order valence-corrected chi connectivity index (χ4v) is 2.55. The third kappa shape index (κ3) is 6.50. The normalized spacial score (nSPS) is 13.6. The molecule has 0 bridgehead atoms. The van der Waals surface area contributed by atoms with Gasteiger partial charge in [0, 0.05) is 25.2 Å². The number of rotatable bonds is 8. The molecule has 1 rings (SSSR count). The van der Waals surface area contributed by atoms with Crippen molar-refractivity contribution < 1.29 is 9.59 Å². The number of hydrogen-bond acceptors (Lipinski definition) is 3. The number of nitrogens with zero attached hydrogens (tertiary/aromatic N) is 1. The maximum atomic E-state index is 12.8. The molecule has 25 heavy (non-hydrogen) atoms. The maximum absolute atomic E-state index is 12.8. The fourth-order valence-electron chi connectivity index (χ4n) is 2.55. The molecule has 2 atom stereocenters. The Morgan fingerprint density at radius 2 is 1.80 bits per heavy atom. The second kappa shape index (κ2) is 9.56. The highest BCUT2D eigenvalue weighted by Crippen LogP contribution is 2.10. The molecule has 5 heteroatoms. The topological polar surface area (TPSA) is 75.4 Å². The molecule has 0 spiro atoms. The highest BCUT2D eigenvalue weighted by Gasteiger charge is 2.27. The fraction of sp³-hybridized carbons (Fsp3) is 0.600. The van der Waals surface area contributed by atoms with E-state index in [9.17, 15) is 9.59 Å². The van der Waals surface area contributed by atoms with E-state index in [0.717, 1.165) is 12.0 Å². The molecule has 0 fully saturated rings. The van der Waals surface area contributed by atoms with E-state index in [0.29, 0.717) is 18.0 Å². The Labute approximate surface area is 152 Å². The summed E-state index contributed by atoms with van der Waals surface area (Å²) in [4.78, 5) is 26.9. The van der Waals surface area contributed by atoms with Gasteiger partial charge in [0.1, 0.15) is 6.04 Å². The summed E-state index contributed by atoms with van der Waals surface area (Å²) in [7, 11) is 1.77. The van der Waals surface area contributed by atoms with E-state index in [1.165, 1.54) is 0 Å². The zero-order valence-corrected chi connectivity index (χ0v) is 16.4. The summed E-state index contributed by atoms with van der Waals surface area (Å²) < 4.78 is 0. The Morgan fingerprint density at radius 3 is 2.32 bits per heavy atom. The monoisotopic (exact) mass is 347 g/mol. The minimum atomic E-state index is -0.548. The van der Waals surface area contributed by atoms with Gasteiger partial charge < -0.3 is 16.0 Å². The van der Waals surface area contributed by atoms with Crippen LogP contribution in [0.1, 0.15) is 50.0 Å². The number of carbonyl (C=O) groups is 2. The van der Waals surface area contributed by atoms with E-state index in [1.54, 1.807) is 18.0 Å². The maximum Gasteiger partial charge on any atom is 0.251 e. The first-order valence-electron chi connectivity index (χ1n) is 9.01. The number of nitrogens with two attached hydrogens (primary N) is 1. The van der Waals surface area contributed by atoms with Crippen LogP contribution in [0.15, 0.2) is 24.3 Å². The first-order chi connectivity index (χ1) is 11.6. The zero-order valence-electron chi connectivity index (χ0n) is 16.4. The summed E-state index contributed by atoms with van der Waals surface area (Å²) in [6, 6.07) is 6.88. The van der Waals surface area contributed by atoms with Gasteiger partial charge in [-0.25, -0.2) is 0 Å². The number of amides is 2. The number of likely N-dealkylation sites (N-methyl/N-ethyl adjacent to an activating group) is 1. The number of benzene rings is 1. The van der Waals surface area contributed by atoms with Crippen molar-refractivity contribution in [2.24, 2.45) is 17.6 Å². The van der Waals surface area contributed by atoms with Crippen molar-refractivity contribution in [2.75, 3.05) is 13.6 Å². The van der Waals surface area contributed by atoms with E-state index < -0.39 is 6.04 Å². The van der Waals surface area contributed by atoms with Crippen molar-refractivity contribution in [3.05, 3.63) is 35.4 Å². The van der Waals surface area contributed by atoms with Crippen molar-refractivity contribution in [3.8, 4) is 0 Å². The minimum Gasteiger partial charge on any atom is -0.344 e. The first kappa shape index (κ1) is 21.2. The Kier molecular flexibility index (Phi) is 8.10. The summed E-state index contributed by atoms with van der Waals surface area (Å²) in [6.07, 6.45) is 0.747. The van der Waals surface area contributed by atoms with Crippen LogP contribution in [0.5, 0.6) is 0 Å². The van der Waals surface area contributed by atoms with Gasteiger partial charge in [0.2, 0.25) is 5.91 Å². The van der Waals surface area contributed by atoms with Crippen molar-refractivity contribution in [2.45, 2.75) is 53.1 Å². The molecular weight excluding hydrogens is 314 g/mol. The molecular formula is C20H33N3O2. The lowest BCUT2D eigenvalue weighted by Gasteiger charge is -2.28. The van der Waals surface area contributed by atoms with Crippen LogP contribution >= 0.6 is 0 Å². The van der Waals surface area contributed by atoms with Crippen LogP contribution in [-0.4, -0.2) is 42.4 Å². The highest BCUT2D eigenvalue weighted by molar-refractivity contribution is 5.97. The molecule has 0 saturated heterocycles. The Morgan fingerprint density at radius 1 is 1.16 bits per heavy atom. The van der Waals surface area contributed by atoms with Crippen molar-refractivity contribution in [1.82, 2.24) is 10.2 Å². The smallest absolute Gasteiger partial charge is 0.251 e. The van der Waals surface area contributed by atoms with E-state index in [1.807, 2.05) is 39.0 Å². The molecule has 0 heterocycles. The van der Waals surface area contributed by atoms with Crippen LogP contribution in [0.3, 0.4) is 0 Å². The van der Waals surface area contributed by atoms with Crippen LogP contribution in [0.25, 0.3) is 0 Å². The summed E-state index contributed by atoms with van der Waals surface area (Å²) in [5.41, 5.74) is 7.65. The third-order valence-electron chi connectivity index (χ3n) is 4.53. The standard InChI is InChI=1S/C20H33N3O2/c1-13(2)17(21)10-11-23(6)20(25)18(14(3)4)22-19(24)16-9-7-8-15(5)12-16/h7-9,12-14,17-18H,10-11,21H2,1-6H3,(H,22,24). The molecule has 0 aromatic heterocycles. The van der Waals surface area contributed by atoms with Gasteiger partial charge in [-0.05, 0) is 37.3 Å². The Hall–Kier alpha value is -1.88. The average Bonchev–Trinajstić information content (AvgIpc) is 2.55. The lowest BCUT2D eigenvalue weighted by molar-refractivity contribution is -0.133. The zero-order chi connectivity index (χ0) is 19.1. The second-order valence-corrected chi connectivity index (χ2v) is 7.52. The highest BCUT2D eigenvalue weighted by atomic mass is 16.2. The van der Waals surface area contributed by atoms with Gasteiger partial charge in [-0.15, -0.1) is 0 Å². The number of hydrogen-bond donors (Lipinski definition) is 2. The van der Waals surface area contributed by atoms with Gasteiger partial charge >= 0.3 is 0 Å². The van der Waals surface area contributed by atoms with Gasteiger partial charge in [0.25, 0.3) is 5.91 Å². The lowest BCUT2D eigenvalue weighted by Crippen LogP contribution is -2.50. The number of aryl methyl sites for hydroxylation is 1. The SMILES string of the molecule is Cc1cccc(C(=O)NC(C(=O)N(C)CCC(N)C(C)C)C(C)C)c1. The van der Waals surface area contributed by atoms with Crippen LogP contribution in [0, 0.1) is 18.8 Å². The molecule has 1 aromatic carbocycles. The third-order valence-corrected chi connectivity index (χ3v) is 4.53. The molecule has 0 aliphatic carbocycles. The van der Waals surface area contributed by atoms with Gasteiger partial charge in [0.15, 0.2) is 0 Å². The molecule has 0 saturated carbocycles. The van der Waals surface area contributed by atoms with E-state index >= 15 is 0 Å². The quantitative estimate of drug-likeness (QED) is 0.759. The predicted octanol–water partition coefficient (Wildman–Crippen LogP) is 2.58. The molecule has 140 valence electrons. The molecule has 0 aliphatic rings. The minimum absolute atomic E-state index is 0.00230. The molecule has 5 nitrogen and oxygen atoms in total. The van der Waals surface area contributed by atoms with Crippen LogP contribution in [-0.2, 0) is 4.79 Å². The molecule has 1 aromatic rings. The van der Waals surface area contributed by atoms with Gasteiger partial charge in [-0.2, -0.15) is 0 Å². The number of carbonyl (C=O) groups excluding carboxylic acids is 2. The molecule has 3 N–H and O–H groups in total. The van der Waals surface area contributed by atoms with E-state index in [-0.39, 0.29) is 23.8 Å². The van der Waals surface area contributed by atoms with Crippen molar-refractivity contribution in [1.29, 1.82) is 0 Å².